The summed E-state index contributed by atoms with van der Waals surface area (Å²) < 4.78 is 0. The zero-order chi connectivity index (χ0) is 18.9. The number of likely N-dealkylation sites (N-methyl/N-ethyl adjacent to an activating group) is 2. The highest BCUT2D eigenvalue weighted by Crippen LogP contribution is 2.24. The number of aryl methyl sites for hydroxylation is 1. The minimum Gasteiger partial charge on any atom is -0.340 e. The molecule has 0 aliphatic rings. The second-order valence-electron chi connectivity index (χ2n) is 6.03. The molecule has 2 aromatic carbocycles. The highest BCUT2D eigenvalue weighted by molar-refractivity contribution is 8.00. The molecule has 0 heterocycles. The molecular weight excluding hydrogens is 382 g/mol. The van der Waals surface area contributed by atoms with E-state index in [1.165, 1.54) is 11.8 Å². The van der Waals surface area contributed by atoms with Gasteiger partial charge >= 0.3 is 0 Å². The molecule has 0 saturated carbocycles. The molecule has 2 aromatic rings. The molecule has 2 amide bonds. The Morgan fingerprint density at radius 2 is 1.74 bits per heavy atom. The molecule has 27 heavy (non-hydrogen) atoms. The summed E-state index contributed by atoms with van der Waals surface area (Å²) >= 11 is 1.37. The molecule has 0 unspecified atom stereocenters. The fourth-order valence-electron chi connectivity index (χ4n) is 2.33. The third kappa shape index (κ3) is 7.25. The lowest BCUT2D eigenvalue weighted by molar-refractivity contribution is -0.113. The number of halogens is 1. The van der Waals surface area contributed by atoms with E-state index in [0.29, 0.717) is 12.1 Å². The van der Waals surface area contributed by atoms with Crippen molar-refractivity contribution in [3.05, 3.63) is 59.7 Å². The average molecular weight is 408 g/mol. The van der Waals surface area contributed by atoms with E-state index in [0.717, 1.165) is 22.7 Å². The minimum absolute atomic E-state index is 0. The quantitative estimate of drug-likeness (QED) is 0.658. The van der Waals surface area contributed by atoms with Gasteiger partial charge < -0.3 is 15.5 Å². The normalized spacial score (nSPS) is 10.0. The van der Waals surface area contributed by atoms with Crippen molar-refractivity contribution in [2.75, 3.05) is 38.3 Å². The standard InChI is InChI=1S/C20H25N3O2S.ClH/c1-15-8-10-16(11-9-15)22-19(24)14-26-18-7-5-4-6-17(18)20(25)23(3)13-12-21-2;/h4-11,21H,12-14H2,1-3H3,(H,22,24);1H. The zero-order valence-corrected chi connectivity index (χ0v) is 17.5. The molecule has 0 spiro atoms. The molecule has 0 aliphatic heterocycles. The van der Waals surface area contributed by atoms with Crippen molar-refractivity contribution in [2.45, 2.75) is 11.8 Å². The van der Waals surface area contributed by atoms with E-state index in [4.69, 9.17) is 0 Å². The molecule has 7 heteroatoms. The van der Waals surface area contributed by atoms with Gasteiger partial charge in [-0.15, -0.1) is 24.2 Å². The lowest BCUT2D eigenvalue weighted by Crippen LogP contribution is -2.33. The number of amides is 2. The van der Waals surface area contributed by atoms with Crippen molar-refractivity contribution in [1.82, 2.24) is 10.2 Å². The first kappa shape index (κ1) is 23.0. The Morgan fingerprint density at radius 3 is 2.41 bits per heavy atom. The maximum Gasteiger partial charge on any atom is 0.254 e. The molecule has 0 atom stereocenters. The summed E-state index contributed by atoms with van der Waals surface area (Å²) in [5.41, 5.74) is 2.55. The molecule has 0 aliphatic carbocycles. The van der Waals surface area contributed by atoms with E-state index in [2.05, 4.69) is 10.6 Å². The van der Waals surface area contributed by atoms with Gasteiger partial charge in [-0.1, -0.05) is 29.8 Å². The average Bonchev–Trinajstić information content (AvgIpc) is 2.66. The highest BCUT2D eigenvalue weighted by Gasteiger charge is 2.16. The summed E-state index contributed by atoms with van der Waals surface area (Å²) in [6.07, 6.45) is 0. The van der Waals surface area contributed by atoms with Crippen molar-refractivity contribution in [1.29, 1.82) is 0 Å². The summed E-state index contributed by atoms with van der Waals surface area (Å²) in [5, 5.41) is 5.91. The largest absolute Gasteiger partial charge is 0.340 e. The maximum absolute atomic E-state index is 12.6. The van der Waals surface area contributed by atoms with Crippen LogP contribution in [0.5, 0.6) is 0 Å². The van der Waals surface area contributed by atoms with E-state index in [1.807, 2.05) is 56.4 Å². The zero-order valence-electron chi connectivity index (χ0n) is 15.8. The van der Waals surface area contributed by atoms with Crippen LogP contribution in [0, 0.1) is 6.92 Å². The Morgan fingerprint density at radius 1 is 1.07 bits per heavy atom. The lowest BCUT2D eigenvalue weighted by Gasteiger charge is -2.18. The van der Waals surface area contributed by atoms with Gasteiger partial charge in [-0.2, -0.15) is 0 Å². The van der Waals surface area contributed by atoms with Crippen LogP contribution in [0.3, 0.4) is 0 Å². The van der Waals surface area contributed by atoms with Gasteiger partial charge in [0.15, 0.2) is 0 Å². The summed E-state index contributed by atoms with van der Waals surface area (Å²) in [5.74, 6) is 0.116. The summed E-state index contributed by atoms with van der Waals surface area (Å²) in [6, 6.07) is 15.1. The molecule has 0 fully saturated rings. The second kappa shape index (κ2) is 11.6. The Kier molecular flexibility index (Phi) is 9.93. The topological polar surface area (TPSA) is 61.4 Å². The summed E-state index contributed by atoms with van der Waals surface area (Å²) in [4.78, 5) is 27.3. The van der Waals surface area contributed by atoms with Crippen LogP contribution in [-0.2, 0) is 4.79 Å². The molecule has 2 N–H and O–H groups in total. The van der Waals surface area contributed by atoms with Crippen LogP contribution >= 0.6 is 24.2 Å². The SMILES string of the molecule is CNCCN(C)C(=O)c1ccccc1SCC(=O)Nc1ccc(C)cc1.Cl. The Bertz CT molecular complexity index is 753. The van der Waals surface area contributed by atoms with E-state index in [-0.39, 0.29) is 30.0 Å². The van der Waals surface area contributed by atoms with E-state index in [9.17, 15) is 9.59 Å². The predicted molar refractivity (Wildman–Crippen MR) is 115 cm³/mol. The Balaban J connectivity index is 0.00000364. The fourth-order valence-corrected chi connectivity index (χ4v) is 3.18. The minimum atomic E-state index is -0.0929. The lowest BCUT2D eigenvalue weighted by atomic mass is 10.2. The van der Waals surface area contributed by atoms with E-state index in [1.54, 1.807) is 18.0 Å². The van der Waals surface area contributed by atoms with E-state index < -0.39 is 0 Å². The Labute approximate surface area is 171 Å². The number of hydrogen-bond donors (Lipinski definition) is 2. The summed E-state index contributed by atoms with van der Waals surface area (Å²) in [7, 11) is 3.64. The van der Waals surface area contributed by atoms with Crippen LogP contribution in [0.4, 0.5) is 5.69 Å². The number of benzene rings is 2. The second-order valence-corrected chi connectivity index (χ2v) is 7.05. The van der Waals surface area contributed by atoms with Crippen LogP contribution in [-0.4, -0.2) is 49.7 Å². The van der Waals surface area contributed by atoms with Crippen LogP contribution in [0.2, 0.25) is 0 Å². The molecule has 0 radical (unpaired) electrons. The van der Waals surface area contributed by atoms with Crippen molar-refractivity contribution in [3.8, 4) is 0 Å². The van der Waals surface area contributed by atoms with Crippen LogP contribution in [0.25, 0.3) is 0 Å². The molecule has 5 nitrogen and oxygen atoms in total. The Hall–Kier alpha value is -2.02. The molecule has 0 aromatic heterocycles. The first-order valence-electron chi connectivity index (χ1n) is 8.49. The van der Waals surface area contributed by atoms with Crippen LogP contribution in [0.1, 0.15) is 15.9 Å². The third-order valence-corrected chi connectivity index (χ3v) is 4.93. The number of carbonyl (C=O) groups is 2. The molecular formula is C20H26ClN3O2S. The highest BCUT2D eigenvalue weighted by atomic mass is 35.5. The molecule has 146 valence electrons. The fraction of sp³-hybridized carbons (Fsp3) is 0.300. The van der Waals surface area contributed by atoms with Gasteiger partial charge in [-0.25, -0.2) is 0 Å². The van der Waals surface area contributed by atoms with Crippen molar-refractivity contribution >= 4 is 41.7 Å². The first-order chi connectivity index (χ1) is 12.5. The number of rotatable bonds is 8. The monoisotopic (exact) mass is 407 g/mol. The molecule has 2 rings (SSSR count). The number of thioether (sulfide) groups is 1. The van der Waals surface area contributed by atoms with Gasteiger partial charge in [0.05, 0.1) is 11.3 Å². The smallest absolute Gasteiger partial charge is 0.254 e. The van der Waals surface area contributed by atoms with Crippen LogP contribution in [0.15, 0.2) is 53.4 Å². The third-order valence-electron chi connectivity index (χ3n) is 3.86. The van der Waals surface area contributed by atoms with Gasteiger partial charge in [0.2, 0.25) is 5.91 Å². The summed E-state index contributed by atoms with van der Waals surface area (Å²) in [6.45, 7) is 3.36. The number of carbonyl (C=O) groups excluding carboxylic acids is 2. The first-order valence-corrected chi connectivity index (χ1v) is 9.48. The number of anilines is 1. The number of nitrogens with one attached hydrogen (secondary N) is 2. The van der Waals surface area contributed by atoms with Gasteiger partial charge in [-0.05, 0) is 38.2 Å². The van der Waals surface area contributed by atoms with E-state index >= 15 is 0 Å². The van der Waals surface area contributed by atoms with Gasteiger partial charge in [-0.3, -0.25) is 9.59 Å². The van der Waals surface area contributed by atoms with Gasteiger partial charge in [0, 0.05) is 30.7 Å². The predicted octanol–water partition coefficient (Wildman–Crippen LogP) is 3.44. The molecule has 0 bridgehead atoms. The van der Waals surface area contributed by atoms with Crippen molar-refractivity contribution in [3.63, 3.8) is 0 Å². The molecule has 0 saturated heterocycles. The van der Waals surface area contributed by atoms with Gasteiger partial charge in [0.25, 0.3) is 5.91 Å². The van der Waals surface area contributed by atoms with Gasteiger partial charge in [0.1, 0.15) is 0 Å². The number of nitrogens with zero attached hydrogens (tertiary/aromatic N) is 1. The maximum atomic E-state index is 12.6. The number of hydrogen-bond acceptors (Lipinski definition) is 4. The van der Waals surface area contributed by atoms with Crippen LogP contribution < -0.4 is 10.6 Å². The van der Waals surface area contributed by atoms with Crippen molar-refractivity contribution < 1.29 is 9.59 Å². The van der Waals surface area contributed by atoms with Crippen molar-refractivity contribution in [2.24, 2.45) is 0 Å².